The van der Waals surface area contributed by atoms with Crippen molar-refractivity contribution in [2.24, 2.45) is 0 Å². The van der Waals surface area contributed by atoms with Gasteiger partial charge in [0, 0.05) is 37.1 Å². The van der Waals surface area contributed by atoms with Crippen LogP contribution < -0.4 is 15.5 Å². The highest BCUT2D eigenvalue weighted by Gasteiger charge is 2.17. The number of carbonyl (C=O) groups excluding carboxylic acids is 1. The van der Waals surface area contributed by atoms with Gasteiger partial charge in [-0.15, -0.1) is 0 Å². The minimum atomic E-state index is -0.202. The van der Waals surface area contributed by atoms with E-state index in [0.29, 0.717) is 17.3 Å². The monoisotopic (exact) mass is 378 g/mol. The van der Waals surface area contributed by atoms with E-state index in [1.54, 1.807) is 12.4 Å². The van der Waals surface area contributed by atoms with Gasteiger partial charge >= 0.3 is 0 Å². The van der Waals surface area contributed by atoms with Crippen LogP contribution >= 0.6 is 0 Å². The van der Waals surface area contributed by atoms with Crippen LogP contribution in [0.3, 0.4) is 0 Å². The summed E-state index contributed by atoms with van der Waals surface area (Å²) in [6.45, 7) is 10.2. The van der Waals surface area contributed by atoms with Crippen LogP contribution in [0.15, 0.2) is 36.7 Å². The summed E-state index contributed by atoms with van der Waals surface area (Å²) in [6, 6.07) is 8.14. The summed E-state index contributed by atoms with van der Waals surface area (Å²) >= 11 is 0. The Bertz CT molecular complexity index is 980. The fourth-order valence-corrected chi connectivity index (χ4v) is 3.33. The van der Waals surface area contributed by atoms with E-state index in [-0.39, 0.29) is 11.3 Å². The van der Waals surface area contributed by atoms with Crippen molar-refractivity contribution in [3.05, 3.63) is 47.9 Å². The summed E-state index contributed by atoms with van der Waals surface area (Å²) in [5.41, 5.74) is 3.35. The number of benzene rings is 1. The Balaban J connectivity index is 1.48. The number of hydrogen-bond donors (Lipinski definition) is 3. The number of nitrogens with one attached hydrogen (secondary N) is 3. The highest BCUT2D eigenvalue weighted by Crippen LogP contribution is 2.26. The molecule has 3 heterocycles. The van der Waals surface area contributed by atoms with E-state index in [1.807, 2.05) is 6.07 Å². The Morgan fingerprint density at radius 3 is 2.50 bits per heavy atom. The molecule has 28 heavy (non-hydrogen) atoms. The third-order valence-electron chi connectivity index (χ3n) is 5.03. The zero-order chi connectivity index (χ0) is 19.7. The molecular weight excluding hydrogens is 352 g/mol. The molecule has 0 atom stereocenters. The fourth-order valence-electron chi connectivity index (χ4n) is 3.33. The van der Waals surface area contributed by atoms with Gasteiger partial charge in [-0.25, -0.2) is 9.97 Å². The van der Waals surface area contributed by atoms with E-state index >= 15 is 0 Å². The summed E-state index contributed by atoms with van der Waals surface area (Å²) in [4.78, 5) is 26.8. The largest absolute Gasteiger partial charge is 0.351 e. The second kappa shape index (κ2) is 7.24. The molecule has 0 aliphatic carbocycles. The molecule has 0 unspecified atom stereocenters. The molecule has 0 spiro atoms. The molecule has 1 aromatic carbocycles. The van der Waals surface area contributed by atoms with Crippen LogP contribution in [0, 0.1) is 0 Å². The molecule has 7 heteroatoms. The standard InChI is InChI=1S/C21H26N6O/c1-21(2,3)15-5-4-14-10-18(26-17(14)11-15)19(28)25-16-12-23-20(24-13-16)27-8-6-22-7-9-27/h4-5,10-13,22,26H,6-9H2,1-3H3,(H,25,28). The molecular formula is C21H26N6O. The minimum Gasteiger partial charge on any atom is -0.351 e. The third-order valence-corrected chi connectivity index (χ3v) is 5.03. The Kier molecular flexibility index (Phi) is 4.77. The number of rotatable bonds is 3. The van der Waals surface area contributed by atoms with E-state index < -0.39 is 0 Å². The molecule has 1 saturated heterocycles. The molecule has 7 nitrogen and oxygen atoms in total. The van der Waals surface area contributed by atoms with Gasteiger partial charge in [-0.05, 0) is 23.1 Å². The number of piperazine rings is 1. The van der Waals surface area contributed by atoms with Gasteiger partial charge in [-0.2, -0.15) is 0 Å². The quantitative estimate of drug-likeness (QED) is 0.652. The number of carbonyl (C=O) groups is 1. The molecule has 4 rings (SSSR count). The van der Waals surface area contributed by atoms with Gasteiger partial charge in [0.15, 0.2) is 0 Å². The van der Waals surface area contributed by atoms with Crippen molar-refractivity contribution in [1.82, 2.24) is 20.3 Å². The van der Waals surface area contributed by atoms with Gasteiger partial charge in [0.05, 0.1) is 18.1 Å². The Hall–Kier alpha value is -2.93. The van der Waals surface area contributed by atoms with E-state index in [0.717, 1.165) is 37.1 Å². The lowest BCUT2D eigenvalue weighted by Gasteiger charge is -2.27. The molecule has 1 aliphatic heterocycles. The van der Waals surface area contributed by atoms with Crippen molar-refractivity contribution in [2.75, 3.05) is 36.4 Å². The average Bonchev–Trinajstić information content (AvgIpc) is 3.12. The number of aromatic nitrogens is 3. The first-order chi connectivity index (χ1) is 13.4. The number of H-pyrrole nitrogens is 1. The summed E-state index contributed by atoms with van der Waals surface area (Å²) in [7, 11) is 0. The van der Waals surface area contributed by atoms with Crippen molar-refractivity contribution in [3.63, 3.8) is 0 Å². The summed E-state index contributed by atoms with van der Waals surface area (Å²) in [5.74, 6) is 0.492. The van der Waals surface area contributed by atoms with E-state index in [1.165, 1.54) is 5.56 Å². The van der Waals surface area contributed by atoms with Crippen molar-refractivity contribution >= 4 is 28.4 Å². The maximum absolute atomic E-state index is 12.6. The fraction of sp³-hybridized carbons (Fsp3) is 0.381. The lowest BCUT2D eigenvalue weighted by molar-refractivity contribution is 0.102. The van der Waals surface area contributed by atoms with Gasteiger partial charge in [0.25, 0.3) is 5.91 Å². The molecule has 0 saturated carbocycles. The lowest BCUT2D eigenvalue weighted by Crippen LogP contribution is -2.44. The topological polar surface area (TPSA) is 85.9 Å². The van der Waals surface area contributed by atoms with Crippen LogP contribution in [0.25, 0.3) is 10.9 Å². The van der Waals surface area contributed by atoms with Gasteiger partial charge in [-0.3, -0.25) is 4.79 Å². The molecule has 3 aromatic rings. The normalized spacial score (nSPS) is 15.0. The first-order valence-electron chi connectivity index (χ1n) is 9.62. The van der Waals surface area contributed by atoms with Gasteiger partial charge in [0.2, 0.25) is 5.95 Å². The predicted molar refractivity (Wildman–Crippen MR) is 112 cm³/mol. The van der Waals surface area contributed by atoms with Crippen LogP contribution in [0.2, 0.25) is 0 Å². The van der Waals surface area contributed by atoms with Crippen molar-refractivity contribution < 1.29 is 4.79 Å². The van der Waals surface area contributed by atoms with Crippen molar-refractivity contribution in [2.45, 2.75) is 26.2 Å². The Labute approximate surface area is 164 Å². The maximum Gasteiger partial charge on any atom is 0.272 e. The minimum absolute atomic E-state index is 0.0607. The molecule has 0 bridgehead atoms. The molecule has 2 aromatic heterocycles. The second-order valence-electron chi connectivity index (χ2n) is 8.20. The zero-order valence-electron chi connectivity index (χ0n) is 16.5. The highest BCUT2D eigenvalue weighted by molar-refractivity contribution is 6.05. The molecule has 1 amide bonds. The highest BCUT2D eigenvalue weighted by atomic mass is 16.1. The number of fused-ring (bicyclic) bond motifs is 1. The average molecular weight is 378 g/mol. The number of aromatic amines is 1. The smallest absolute Gasteiger partial charge is 0.272 e. The number of nitrogens with zero attached hydrogens (tertiary/aromatic N) is 3. The molecule has 1 fully saturated rings. The summed E-state index contributed by atoms with van der Waals surface area (Å²) in [6.07, 6.45) is 3.31. The first kappa shape index (κ1) is 18.4. The van der Waals surface area contributed by atoms with Crippen molar-refractivity contribution in [1.29, 1.82) is 0 Å². The van der Waals surface area contributed by atoms with Crippen LogP contribution in [-0.2, 0) is 5.41 Å². The van der Waals surface area contributed by atoms with Crippen LogP contribution in [0.5, 0.6) is 0 Å². The first-order valence-corrected chi connectivity index (χ1v) is 9.62. The summed E-state index contributed by atoms with van der Waals surface area (Å²) in [5, 5.41) is 7.19. The summed E-state index contributed by atoms with van der Waals surface area (Å²) < 4.78 is 0. The van der Waals surface area contributed by atoms with Gasteiger partial charge in [0.1, 0.15) is 5.69 Å². The maximum atomic E-state index is 12.6. The van der Waals surface area contributed by atoms with Crippen LogP contribution in [-0.4, -0.2) is 47.0 Å². The Morgan fingerprint density at radius 1 is 1.11 bits per heavy atom. The molecule has 0 radical (unpaired) electrons. The van der Waals surface area contributed by atoms with E-state index in [2.05, 4.69) is 69.5 Å². The molecule has 1 aliphatic rings. The van der Waals surface area contributed by atoms with Gasteiger partial charge in [-0.1, -0.05) is 32.9 Å². The molecule has 3 N–H and O–H groups in total. The number of amides is 1. The van der Waals surface area contributed by atoms with Crippen LogP contribution in [0.1, 0.15) is 36.8 Å². The number of anilines is 2. The predicted octanol–water partition coefficient (Wildman–Crippen LogP) is 2.92. The zero-order valence-corrected chi connectivity index (χ0v) is 16.5. The number of hydrogen-bond acceptors (Lipinski definition) is 5. The lowest BCUT2D eigenvalue weighted by atomic mass is 9.87. The van der Waals surface area contributed by atoms with E-state index in [4.69, 9.17) is 0 Å². The van der Waals surface area contributed by atoms with E-state index in [9.17, 15) is 4.79 Å². The SMILES string of the molecule is CC(C)(C)c1ccc2cc(C(=O)Nc3cnc(N4CCNCC4)nc3)[nH]c2c1. The Morgan fingerprint density at radius 2 is 1.82 bits per heavy atom. The van der Waals surface area contributed by atoms with Crippen molar-refractivity contribution in [3.8, 4) is 0 Å². The third kappa shape index (κ3) is 3.84. The van der Waals surface area contributed by atoms with Gasteiger partial charge < -0.3 is 20.5 Å². The second-order valence-corrected chi connectivity index (χ2v) is 8.20. The molecule has 146 valence electrons. The van der Waals surface area contributed by atoms with Crippen LogP contribution in [0.4, 0.5) is 11.6 Å².